The van der Waals surface area contributed by atoms with Crippen LogP contribution in [0.1, 0.15) is 62.5 Å². The second kappa shape index (κ2) is 10.2. The minimum absolute atomic E-state index is 0.0372. The number of nitrogens with one attached hydrogen (secondary N) is 1. The van der Waals surface area contributed by atoms with Crippen LogP contribution in [0.4, 0.5) is 0 Å². The quantitative estimate of drug-likeness (QED) is 0.514. The van der Waals surface area contributed by atoms with Crippen molar-refractivity contribution in [3.8, 4) is 18.0 Å². The summed E-state index contributed by atoms with van der Waals surface area (Å²) in [6.07, 6.45) is 11.8. The Labute approximate surface area is 183 Å². The van der Waals surface area contributed by atoms with Crippen LogP contribution in [0.3, 0.4) is 0 Å². The summed E-state index contributed by atoms with van der Waals surface area (Å²) in [7, 11) is 0. The molecule has 0 radical (unpaired) electrons. The number of tetrazole rings is 1. The first-order valence-corrected chi connectivity index (χ1v) is 11.8. The predicted octanol–water partition coefficient (Wildman–Crippen LogP) is 4.27. The zero-order valence-electron chi connectivity index (χ0n) is 18.3. The number of hydrogen-bond donors (Lipinski definition) is 1. The maximum absolute atomic E-state index is 5.41. The summed E-state index contributed by atoms with van der Waals surface area (Å²) in [5.41, 5.74) is 3.21. The predicted molar refractivity (Wildman–Crippen MR) is 122 cm³/mol. The van der Waals surface area contributed by atoms with Crippen LogP contribution in [0.15, 0.2) is 28.4 Å². The van der Waals surface area contributed by atoms with Gasteiger partial charge in [-0.2, -0.15) is 26.7 Å². The number of nitrogens with zero attached hydrogens (tertiary/aromatic N) is 6. The molecule has 2 unspecified atom stereocenters. The van der Waals surface area contributed by atoms with Gasteiger partial charge in [-0.3, -0.25) is 0 Å². The van der Waals surface area contributed by atoms with Gasteiger partial charge in [0.05, 0.1) is 11.7 Å². The molecule has 0 amide bonds. The monoisotopic (exact) mass is 425 g/mol. The molecule has 3 rings (SSSR count). The average Bonchev–Trinajstić information content (AvgIpc) is 3.36. The smallest absolute Gasteiger partial charge is 0.193 e. The lowest BCUT2D eigenvalue weighted by molar-refractivity contribution is 0.423. The molecule has 7 nitrogen and oxygen atoms in total. The van der Waals surface area contributed by atoms with Crippen LogP contribution in [0.5, 0.6) is 0 Å². The summed E-state index contributed by atoms with van der Waals surface area (Å²) in [4.78, 5) is 0. The maximum atomic E-state index is 5.41. The van der Waals surface area contributed by atoms with E-state index in [1.807, 2.05) is 16.4 Å². The lowest BCUT2D eigenvalue weighted by Crippen LogP contribution is -2.30. The number of aromatic nitrogens is 4. The molecule has 2 heterocycles. The second-order valence-corrected chi connectivity index (χ2v) is 9.09. The van der Waals surface area contributed by atoms with Crippen LogP contribution in [0.25, 0.3) is 5.69 Å². The van der Waals surface area contributed by atoms with Gasteiger partial charge in [-0.1, -0.05) is 32.0 Å². The van der Waals surface area contributed by atoms with Crippen molar-refractivity contribution in [2.75, 3.05) is 12.8 Å². The van der Waals surface area contributed by atoms with E-state index >= 15 is 0 Å². The minimum atomic E-state index is -0.285. The van der Waals surface area contributed by atoms with Crippen LogP contribution in [0.2, 0.25) is 0 Å². The Kier molecular flexibility index (Phi) is 7.62. The summed E-state index contributed by atoms with van der Waals surface area (Å²) in [5, 5.41) is 25.5. The molecule has 160 valence electrons. The van der Waals surface area contributed by atoms with Crippen LogP contribution in [-0.2, 0) is 6.42 Å². The van der Waals surface area contributed by atoms with Gasteiger partial charge in [0.15, 0.2) is 11.5 Å². The molecule has 0 bridgehead atoms. The number of rotatable bonds is 12. The standard InChI is InChI=1S/C22H31N7S/c1-6-8-12-22(25-26-22)13-14-23-19(15-17(4)30-5)21-24-27-28-29(21)20-16(3)10-9-11-18(20)7-2/h1,9-11,17,19,23H,7-8,12-15H2,2-5H3. The number of aryl methyl sites for hydroxylation is 2. The fourth-order valence-electron chi connectivity index (χ4n) is 3.70. The lowest BCUT2D eigenvalue weighted by Gasteiger charge is -2.22. The Morgan fingerprint density at radius 2 is 2.10 bits per heavy atom. The van der Waals surface area contributed by atoms with Crippen molar-refractivity contribution < 1.29 is 0 Å². The molecule has 0 aliphatic carbocycles. The van der Waals surface area contributed by atoms with E-state index in [9.17, 15) is 0 Å². The van der Waals surface area contributed by atoms with Crippen LogP contribution < -0.4 is 5.32 Å². The molecule has 1 aromatic heterocycles. The summed E-state index contributed by atoms with van der Waals surface area (Å²) in [5.74, 6) is 3.54. The highest BCUT2D eigenvalue weighted by Crippen LogP contribution is 2.36. The SMILES string of the molecule is C#CCCC1(CCNC(CC(C)SC)c2nnnn2-c2c(C)cccc2CC)N=N1. The highest BCUT2D eigenvalue weighted by Gasteiger charge is 2.38. The topological polar surface area (TPSA) is 80.4 Å². The van der Waals surface area contributed by atoms with Gasteiger partial charge in [0.1, 0.15) is 0 Å². The number of thioether (sulfide) groups is 1. The Morgan fingerprint density at radius 3 is 2.77 bits per heavy atom. The Morgan fingerprint density at radius 1 is 1.30 bits per heavy atom. The largest absolute Gasteiger partial charge is 0.307 e. The van der Waals surface area contributed by atoms with E-state index in [-0.39, 0.29) is 11.7 Å². The zero-order valence-corrected chi connectivity index (χ0v) is 19.1. The highest BCUT2D eigenvalue weighted by atomic mass is 32.2. The van der Waals surface area contributed by atoms with Gasteiger partial charge in [0.25, 0.3) is 0 Å². The van der Waals surface area contributed by atoms with E-state index in [2.05, 4.69) is 82.2 Å². The summed E-state index contributed by atoms with van der Waals surface area (Å²) >= 11 is 1.85. The third-order valence-corrected chi connectivity index (χ3v) is 6.66. The third-order valence-electron chi connectivity index (χ3n) is 5.66. The molecule has 1 aliphatic rings. The van der Waals surface area contributed by atoms with Crippen molar-refractivity contribution in [3.63, 3.8) is 0 Å². The first kappa shape index (κ1) is 22.4. The maximum Gasteiger partial charge on any atom is 0.193 e. The van der Waals surface area contributed by atoms with Gasteiger partial charge in [0.2, 0.25) is 0 Å². The molecule has 1 aromatic carbocycles. The molecule has 2 aromatic rings. The highest BCUT2D eigenvalue weighted by molar-refractivity contribution is 7.99. The van der Waals surface area contributed by atoms with E-state index in [0.717, 1.165) is 43.7 Å². The first-order chi connectivity index (χ1) is 14.5. The molecule has 30 heavy (non-hydrogen) atoms. The molecule has 2 atom stereocenters. The fourth-order valence-corrected chi connectivity index (χ4v) is 4.09. The average molecular weight is 426 g/mol. The molecule has 8 heteroatoms. The Balaban J connectivity index is 1.81. The van der Waals surface area contributed by atoms with E-state index in [1.165, 1.54) is 11.1 Å². The Bertz CT molecular complexity index is 908. The van der Waals surface area contributed by atoms with E-state index in [4.69, 9.17) is 6.42 Å². The zero-order chi connectivity index (χ0) is 21.6. The van der Waals surface area contributed by atoms with Crippen molar-refractivity contribution >= 4 is 11.8 Å². The third kappa shape index (κ3) is 5.27. The molecular weight excluding hydrogens is 394 g/mol. The van der Waals surface area contributed by atoms with Crippen molar-refractivity contribution in [2.24, 2.45) is 10.2 Å². The second-order valence-electron chi connectivity index (χ2n) is 7.81. The van der Waals surface area contributed by atoms with Crippen molar-refractivity contribution in [2.45, 2.75) is 69.8 Å². The molecule has 0 fully saturated rings. The van der Waals surface area contributed by atoms with E-state index in [0.29, 0.717) is 11.7 Å². The molecular formula is C22H31N7S. The van der Waals surface area contributed by atoms with Gasteiger partial charge in [-0.15, -0.1) is 17.4 Å². The number of hydrogen-bond acceptors (Lipinski definition) is 7. The van der Waals surface area contributed by atoms with Gasteiger partial charge >= 0.3 is 0 Å². The van der Waals surface area contributed by atoms with Gasteiger partial charge in [-0.05, 0) is 47.6 Å². The van der Waals surface area contributed by atoms with Crippen molar-refractivity contribution in [1.82, 2.24) is 25.5 Å². The molecule has 1 aliphatic heterocycles. The molecule has 0 saturated carbocycles. The van der Waals surface area contributed by atoms with E-state index < -0.39 is 0 Å². The van der Waals surface area contributed by atoms with Gasteiger partial charge in [-0.25, -0.2) is 0 Å². The van der Waals surface area contributed by atoms with E-state index in [1.54, 1.807) is 0 Å². The molecule has 0 saturated heterocycles. The summed E-state index contributed by atoms with van der Waals surface area (Å²) in [6, 6.07) is 6.38. The first-order valence-electron chi connectivity index (χ1n) is 10.5. The summed E-state index contributed by atoms with van der Waals surface area (Å²) in [6.45, 7) is 7.29. The van der Waals surface area contributed by atoms with Gasteiger partial charge in [0, 0.05) is 31.1 Å². The Hall–Kier alpha value is -2.24. The van der Waals surface area contributed by atoms with Crippen LogP contribution in [0, 0.1) is 19.3 Å². The van der Waals surface area contributed by atoms with Crippen LogP contribution in [-0.4, -0.2) is 43.9 Å². The normalized spacial score (nSPS) is 16.2. The van der Waals surface area contributed by atoms with Crippen molar-refractivity contribution in [1.29, 1.82) is 0 Å². The lowest BCUT2D eigenvalue weighted by atomic mass is 10.0. The summed E-state index contributed by atoms with van der Waals surface area (Å²) < 4.78 is 1.92. The minimum Gasteiger partial charge on any atom is -0.307 e. The van der Waals surface area contributed by atoms with Crippen molar-refractivity contribution in [3.05, 3.63) is 35.2 Å². The van der Waals surface area contributed by atoms with Crippen LogP contribution >= 0.6 is 11.8 Å². The molecule has 1 N–H and O–H groups in total. The van der Waals surface area contributed by atoms with Gasteiger partial charge < -0.3 is 5.32 Å². The number of terminal acetylenes is 1. The number of benzene rings is 1. The fraction of sp³-hybridized carbons (Fsp3) is 0.591. The molecule has 0 spiro atoms. The number of para-hydroxylation sites is 1.